The number of carbonyl (C=O) groups is 1. The summed E-state index contributed by atoms with van der Waals surface area (Å²) in [6.45, 7) is 0.967. The van der Waals surface area contributed by atoms with Gasteiger partial charge in [0.2, 0.25) is 0 Å². The molecule has 2 aromatic heterocycles. The highest BCUT2D eigenvalue weighted by Gasteiger charge is 2.14. The Bertz CT molecular complexity index is 514. The van der Waals surface area contributed by atoms with E-state index in [1.165, 1.54) is 11.3 Å². The van der Waals surface area contributed by atoms with Gasteiger partial charge >= 0.3 is 0 Å². The SMILES string of the molecule is COCCNC(=O)c1cccnc1-c1cncs1. The first kappa shape index (κ1) is 12.7. The van der Waals surface area contributed by atoms with Crippen LogP contribution in [0.3, 0.4) is 0 Å². The molecule has 0 bridgehead atoms. The minimum absolute atomic E-state index is 0.149. The van der Waals surface area contributed by atoms with Crippen molar-refractivity contribution in [2.24, 2.45) is 0 Å². The fourth-order valence-corrected chi connectivity index (χ4v) is 2.11. The Balaban J connectivity index is 2.20. The van der Waals surface area contributed by atoms with Gasteiger partial charge in [0.05, 0.1) is 28.3 Å². The highest BCUT2D eigenvalue weighted by molar-refractivity contribution is 7.13. The lowest BCUT2D eigenvalue weighted by Gasteiger charge is -2.07. The number of carbonyl (C=O) groups excluding carboxylic acids is 1. The molecule has 5 nitrogen and oxygen atoms in total. The van der Waals surface area contributed by atoms with E-state index in [9.17, 15) is 4.79 Å². The van der Waals surface area contributed by atoms with E-state index in [0.717, 1.165) is 4.88 Å². The molecule has 0 unspecified atom stereocenters. The van der Waals surface area contributed by atoms with E-state index in [-0.39, 0.29) is 5.91 Å². The summed E-state index contributed by atoms with van der Waals surface area (Å²) in [4.78, 5) is 21.1. The van der Waals surface area contributed by atoms with Crippen LogP contribution >= 0.6 is 11.3 Å². The maximum atomic E-state index is 12.0. The van der Waals surface area contributed by atoms with Gasteiger partial charge in [-0.05, 0) is 12.1 Å². The second-order valence-electron chi connectivity index (χ2n) is 3.51. The number of amides is 1. The van der Waals surface area contributed by atoms with Gasteiger partial charge in [-0.1, -0.05) is 0 Å². The van der Waals surface area contributed by atoms with Gasteiger partial charge in [0.15, 0.2) is 0 Å². The minimum atomic E-state index is -0.149. The van der Waals surface area contributed by atoms with Crippen LogP contribution in [0.15, 0.2) is 30.0 Å². The van der Waals surface area contributed by atoms with Gasteiger partial charge in [-0.2, -0.15) is 0 Å². The second-order valence-corrected chi connectivity index (χ2v) is 4.40. The Labute approximate surface area is 109 Å². The first-order valence-corrected chi connectivity index (χ1v) is 6.32. The Hall–Kier alpha value is -1.79. The zero-order chi connectivity index (χ0) is 12.8. The number of rotatable bonds is 5. The minimum Gasteiger partial charge on any atom is -0.383 e. The average Bonchev–Trinajstić information content (AvgIpc) is 2.93. The van der Waals surface area contributed by atoms with Crippen LogP contribution in [0.1, 0.15) is 10.4 Å². The molecule has 0 aliphatic rings. The zero-order valence-corrected chi connectivity index (χ0v) is 10.7. The zero-order valence-electron chi connectivity index (χ0n) is 9.92. The first-order valence-electron chi connectivity index (χ1n) is 5.44. The van der Waals surface area contributed by atoms with Crippen molar-refractivity contribution >= 4 is 17.2 Å². The van der Waals surface area contributed by atoms with Crippen LogP contribution in [0.2, 0.25) is 0 Å². The predicted octanol–water partition coefficient (Wildman–Crippen LogP) is 1.58. The molecule has 1 N–H and O–H groups in total. The van der Waals surface area contributed by atoms with Gasteiger partial charge in [0.1, 0.15) is 0 Å². The number of aromatic nitrogens is 2. The second kappa shape index (κ2) is 6.23. The number of pyridine rings is 1. The Kier molecular flexibility index (Phi) is 4.38. The van der Waals surface area contributed by atoms with E-state index in [1.54, 1.807) is 37.1 Å². The smallest absolute Gasteiger partial charge is 0.253 e. The molecule has 94 valence electrons. The monoisotopic (exact) mass is 263 g/mol. The number of ether oxygens (including phenoxy) is 1. The molecular formula is C12H13N3O2S. The van der Waals surface area contributed by atoms with Crippen LogP contribution < -0.4 is 5.32 Å². The first-order chi connectivity index (χ1) is 8.83. The molecule has 0 aliphatic heterocycles. The lowest BCUT2D eigenvalue weighted by molar-refractivity contribution is 0.0937. The van der Waals surface area contributed by atoms with Gasteiger partial charge < -0.3 is 10.1 Å². The van der Waals surface area contributed by atoms with E-state index in [4.69, 9.17) is 4.74 Å². The van der Waals surface area contributed by atoms with Gasteiger partial charge in [0, 0.05) is 26.0 Å². The molecule has 2 rings (SSSR count). The quantitative estimate of drug-likeness (QED) is 0.832. The Morgan fingerprint density at radius 1 is 1.56 bits per heavy atom. The van der Waals surface area contributed by atoms with Crippen LogP contribution in [0.5, 0.6) is 0 Å². The van der Waals surface area contributed by atoms with Crippen molar-refractivity contribution < 1.29 is 9.53 Å². The van der Waals surface area contributed by atoms with Gasteiger partial charge in [-0.15, -0.1) is 11.3 Å². The maximum absolute atomic E-state index is 12.0. The highest BCUT2D eigenvalue weighted by atomic mass is 32.1. The molecule has 18 heavy (non-hydrogen) atoms. The number of methoxy groups -OCH3 is 1. The molecule has 0 fully saturated rings. The van der Waals surface area contributed by atoms with Crippen LogP contribution in [0, 0.1) is 0 Å². The van der Waals surface area contributed by atoms with Crippen LogP contribution in [-0.4, -0.2) is 36.1 Å². The third-order valence-corrected chi connectivity index (χ3v) is 3.09. The van der Waals surface area contributed by atoms with E-state index >= 15 is 0 Å². The van der Waals surface area contributed by atoms with Crippen molar-refractivity contribution in [3.63, 3.8) is 0 Å². The molecule has 0 aromatic carbocycles. The molecule has 6 heteroatoms. The van der Waals surface area contributed by atoms with Crippen molar-refractivity contribution in [2.45, 2.75) is 0 Å². The van der Waals surface area contributed by atoms with Gasteiger partial charge in [0.25, 0.3) is 5.91 Å². The number of nitrogens with one attached hydrogen (secondary N) is 1. The maximum Gasteiger partial charge on any atom is 0.253 e. The summed E-state index contributed by atoms with van der Waals surface area (Å²) in [5, 5.41) is 2.78. The molecule has 0 atom stereocenters. The summed E-state index contributed by atoms with van der Waals surface area (Å²) in [7, 11) is 1.60. The third kappa shape index (κ3) is 2.91. The highest BCUT2D eigenvalue weighted by Crippen LogP contribution is 2.24. The molecule has 2 heterocycles. The Morgan fingerprint density at radius 3 is 3.17 bits per heavy atom. The number of nitrogens with zero attached hydrogens (tertiary/aromatic N) is 2. The molecule has 2 aromatic rings. The summed E-state index contributed by atoms with van der Waals surface area (Å²) in [6.07, 6.45) is 3.37. The van der Waals surface area contributed by atoms with E-state index in [1.807, 2.05) is 0 Å². The fourth-order valence-electron chi connectivity index (χ4n) is 1.48. The summed E-state index contributed by atoms with van der Waals surface area (Å²) in [6, 6.07) is 3.50. The number of thiazole rings is 1. The molecule has 0 radical (unpaired) electrons. The van der Waals surface area contributed by atoms with Crippen molar-refractivity contribution in [3.05, 3.63) is 35.6 Å². The molecular weight excluding hydrogens is 250 g/mol. The fraction of sp³-hybridized carbons (Fsp3) is 0.250. The topological polar surface area (TPSA) is 64.1 Å². The van der Waals surface area contributed by atoms with Crippen LogP contribution in [0.4, 0.5) is 0 Å². The Morgan fingerprint density at radius 2 is 2.44 bits per heavy atom. The normalized spacial score (nSPS) is 10.3. The van der Waals surface area contributed by atoms with E-state index < -0.39 is 0 Å². The van der Waals surface area contributed by atoms with Gasteiger partial charge in [-0.25, -0.2) is 0 Å². The lowest BCUT2D eigenvalue weighted by Crippen LogP contribution is -2.27. The number of hydrogen-bond acceptors (Lipinski definition) is 5. The van der Waals surface area contributed by atoms with Crippen LogP contribution in [-0.2, 0) is 4.74 Å². The van der Waals surface area contributed by atoms with Crippen molar-refractivity contribution in [1.82, 2.24) is 15.3 Å². The van der Waals surface area contributed by atoms with Crippen molar-refractivity contribution in [2.75, 3.05) is 20.3 Å². The standard InChI is InChI=1S/C12H13N3O2S/c1-17-6-5-15-12(16)9-3-2-4-14-11(9)10-7-13-8-18-10/h2-4,7-8H,5-6H2,1H3,(H,15,16). The van der Waals surface area contributed by atoms with Crippen LogP contribution in [0.25, 0.3) is 10.6 Å². The van der Waals surface area contributed by atoms with Crippen molar-refractivity contribution in [3.8, 4) is 10.6 Å². The molecule has 0 spiro atoms. The lowest BCUT2D eigenvalue weighted by atomic mass is 10.1. The molecule has 1 amide bonds. The third-order valence-electron chi connectivity index (χ3n) is 2.31. The average molecular weight is 263 g/mol. The van der Waals surface area contributed by atoms with E-state index in [2.05, 4.69) is 15.3 Å². The molecule has 0 saturated heterocycles. The molecule has 0 aliphatic carbocycles. The number of hydrogen-bond donors (Lipinski definition) is 1. The van der Waals surface area contributed by atoms with Crippen molar-refractivity contribution in [1.29, 1.82) is 0 Å². The summed E-state index contributed by atoms with van der Waals surface area (Å²) < 4.78 is 4.89. The van der Waals surface area contributed by atoms with E-state index in [0.29, 0.717) is 24.4 Å². The van der Waals surface area contributed by atoms with Gasteiger partial charge in [-0.3, -0.25) is 14.8 Å². The summed E-state index contributed by atoms with van der Waals surface area (Å²) in [5.41, 5.74) is 2.93. The largest absolute Gasteiger partial charge is 0.383 e. The predicted molar refractivity (Wildman–Crippen MR) is 69.6 cm³/mol. The molecule has 0 saturated carbocycles. The summed E-state index contributed by atoms with van der Waals surface area (Å²) in [5.74, 6) is -0.149. The summed E-state index contributed by atoms with van der Waals surface area (Å²) >= 11 is 1.46.